The maximum absolute atomic E-state index is 12.8. The quantitative estimate of drug-likeness (QED) is 0.511. The van der Waals surface area contributed by atoms with Crippen LogP contribution in [0.1, 0.15) is 39.1 Å². The molecule has 0 spiro atoms. The smallest absolute Gasteiger partial charge is 0.255 e. The number of carbonyl (C=O) groups is 2. The topological polar surface area (TPSA) is 76.7 Å². The molecule has 6 nitrogen and oxygen atoms in total. The van der Waals surface area contributed by atoms with Crippen LogP contribution in [0.15, 0.2) is 78.9 Å². The van der Waals surface area contributed by atoms with E-state index in [9.17, 15) is 9.59 Å². The first-order chi connectivity index (χ1) is 16.2. The molecule has 4 rings (SSSR count). The van der Waals surface area contributed by atoms with Crippen molar-refractivity contribution >= 4 is 17.5 Å². The highest BCUT2D eigenvalue weighted by atomic mass is 16.5. The Balaban J connectivity index is 1.31. The summed E-state index contributed by atoms with van der Waals surface area (Å²) in [5.74, 6) is 0.191. The Labute approximate surface area is 193 Å². The third-order valence-corrected chi connectivity index (χ3v) is 5.50. The Kier molecular flexibility index (Phi) is 7.72. The van der Waals surface area contributed by atoms with Crippen LogP contribution in [-0.4, -0.2) is 37.7 Å². The van der Waals surface area contributed by atoms with Gasteiger partial charge in [-0.15, -0.1) is 0 Å². The second-order valence-electron chi connectivity index (χ2n) is 7.99. The minimum atomic E-state index is -0.263. The van der Waals surface area contributed by atoms with Gasteiger partial charge in [-0.3, -0.25) is 9.59 Å². The molecule has 3 aromatic carbocycles. The summed E-state index contributed by atoms with van der Waals surface area (Å²) in [5, 5.41) is 5.76. The summed E-state index contributed by atoms with van der Waals surface area (Å²) in [6.07, 6.45) is 2.87. The number of hydrogen-bond acceptors (Lipinski definition) is 4. The molecule has 0 aromatic heterocycles. The number of amides is 2. The van der Waals surface area contributed by atoms with Gasteiger partial charge >= 0.3 is 0 Å². The first-order valence-corrected chi connectivity index (χ1v) is 11.3. The summed E-state index contributed by atoms with van der Waals surface area (Å²) in [6, 6.07) is 24.1. The van der Waals surface area contributed by atoms with Gasteiger partial charge < -0.3 is 20.1 Å². The second-order valence-corrected chi connectivity index (χ2v) is 7.99. The van der Waals surface area contributed by atoms with Crippen LogP contribution in [0.5, 0.6) is 5.75 Å². The van der Waals surface area contributed by atoms with Gasteiger partial charge in [0, 0.05) is 36.4 Å². The number of nitrogens with one attached hydrogen (secondary N) is 2. The van der Waals surface area contributed by atoms with Gasteiger partial charge in [0.1, 0.15) is 5.75 Å². The lowest BCUT2D eigenvalue weighted by Gasteiger charge is -2.12. The normalized spacial score (nSPS) is 15.1. The van der Waals surface area contributed by atoms with E-state index in [0.717, 1.165) is 25.9 Å². The molecule has 0 bridgehead atoms. The van der Waals surface area contributed by atoms with Crippen molar-refractivity contribution in [3.63, 3.8) is 0 Å². The Morgan fingerprint density at radius 3 is 2.48 bits per heavy atom. The predicted molar refractivity (Wildman–Crippen MR) is 128 cm³/mol. The van der Waals surface area contributed by atoms with Crippen LogP contribution >= 0.6 is 0 Å². The fraction of sp³-hybridized carbons (Fsp3) is 0.259. The van der Waals surface area contributed by atoms with Crippen molar-refractivity contribution in [1.82, 2.24) is 5.32 Å². The molecule has 2 amide bonds. The molecule has 2 N–H and O–H groups in total. The first kappa shape index (κ1) is 22.6. The SMILES string of the molecule is O=C(NCC1CCCO1)c1cccc(NC(=O)c2cccc(OCCc3ccccc3)c2)c1. The fourth-order valence-corrected chi connectivity index (χ4v) is 3.71. The van der Waals surface area contributed by atoms with E-state index in [1.54, 1.807) is 42.5 Å². The van der Waals surface area contributed by atoms with E-state index in [2.05, 4.69) is 22.8 Å². The van der Waals surface area contributed by atoms with Crippen LogP contribution in [0.25, 0.3) is 0 Å². The summed E-state index contributed by atoms with van der Waals surface area (Å²) in [6.45, 7) is 1.77. The third kappa shape index (κ3) is 6.67. The summed E-state index contributed by atoms with van der Waals surface area (Å²) < 4.78 is 11.4. The molecule has 1 unspecified atom stereocenters. The van der Waals surface area contributed by atoms with Crippen LogP contribution in [0.3, 0.4) is 0 Å². The van der Waals surface area contributed by atoms with Crippen molar-refractivity contribution in [1.29, 1.82) is 0 Å². The van der Waals surface area contributed by atoms with Gasteiger partial charge in [0.2, 0.25) is 0 Å². The monoisotopic (exact) mass is 444 g/mol. The number of benzene rings is 3. The molecule has 1 heterocycles. The minimum absolute atomic E-state index is 0.0824. The molecular weight excluding hydrogens is 416 g/mol. The van der Waals surface area contributed by atoms with Crippen LogP contribution in [-0.2, 0) is 11.2 Å². The molecule has 1 atom stereocenters. The maximum Gasteiger partial charge on any atom is 0.255 e. The van der Waals surface area contributed by atoms with E-state index in [1.165, 1.54) is 5.56 Å². The Morgan fingerprint density at radius 1 is 0.909 bits per heavy atom. The van der Waals surface area contributed by atoms with Crippen LogP contribution in [0.4, 0.5) is 5.69 Å². The van der Waals surface area contributed by atoms with Gasteiger partial charge in [-0.05, 0) is 54.8 Å². The summed E-state index contributed by atoms with van der Waals surface area (Å²) >= 11 is 0. The molecule has 0 saturated carbocycles. The lowest BCUT2D eigenvalue weighted by atomic mass is 10.1. The van der Waals surface area contributed by atoms with Gasteiger partial charge in [-0.1, -0.05) is 42.5 Å². The van der Waals surface area contributed by atoms with Gasteiger partial charge in [0.15, 0.2) is 0 Å². The number of carbonyl (C=O) groups excluding carboxylic acids is 2. The van der Waals surface area contributed by atoms with Gasteiger partial charge in [0.05, 0.1) is 12.7 Å². The lowest BCUT2D eigenvalue weighted by Crippen LogP contribution is -2.31. The zero-order valence-electron chi connectivity index (χ0n) is 18.5. The van der Waals surface area contributed by atoms with Crippen molar-refractivity contribution in [2.45, 2.75) is 25.4 Å². The number of ether oxygens (including phenoxy) is 2. The molecule has 1 aliphatic heterocycles. The van der Waals surface area contributed by atoms with E-state index in [0.29, 0.717) is 35.7 Å². The average molecular weight is 445 g/mol. The summed E-state index contributed by atoms with van der Waals surface area (Å²) in [5.41, 5.74) is 2.73. The standard InChI is InChI=1S/C27H28N2O4/c30-26(28-19-25-13-6-15-32-25)21-9-4-11-23(17-21)29-27(31)22-10-5-12-24(18-22)33-16-14-20-7-2-1-3-8-20/h1-5,7-12,17-18,25H,6,13-16,19H2,(H,28,30)(H,29,31). The molecule has 3 aromatic rings. The molecular formula is C27H28N2O4. The summed E-state index contributed by atoms with van der Waals surface area (Å²) in [4.78, 5) is 25.2. The minimum Gasteiger partial charge on any atom is -0.493 e. The Bertz CT molecular complexity index is 1080. The van der Waals surface area contributed by atoms with E-state index in [-0.39, 0.29) is 17.9 Å². The number of anilines is 1. The van der Waals surface area contributed by atoms with Crippen molar-refractivity contribution in [3.8, 4) is 5.75 Å². The van der Waals surface area contributed by atoms with Crippen LogP contribution in [0, 0.1) is 0 Å². The molecule has 1 aliphatic rings. The zero-order chi connectivity index (χ0) is 22.9. The van der Waals surface area contributed by atoms with Crippen molar-refractivity contribution in [3.05, 3.63) is 95.6 Å². The zero-order valence-corrected chi connectivity index (χ0v) is 18.5. The van der Waals surface area contributed by atoms with E-state index in [1.807, 2.05) is 24.3 Å². The largest absolute Gasteiger partial charge is 0.493 e. The van der Waals surface area contributed by atoms with E-state index >= 15 is 0 Å². The highest BCUT2D eigenvalue weighted by Crippen LogP contribution is 2.17. The number of rotatable bonds is 9. The van der Waals surface area contributed by atoms with Gasteiger partial charge in [0.25, 0.3) is 11.8 Å². The third-order valence-electron chi connectivity index (χ3n) is 5.50. The lowest BCUT2D eigenvalue weighted by molar-refractivity contribution is 0.0857. The first-order valence-electron chi connectivity index (χ1n) is 11.3. The van der Waals surface area contributed by atoms with Crippen molar-refractivity contribution in [2.75, 3.05) is 25.1 Å². The van der Waals surface area contributed by atoms with E-state index in [4.69, 9.17) is 9.47 Å². The molecule has 1 saturated heterocycles. The van der Waals surface area contributed by atoms with Crippen LogP contribution in [0.2, 0.25) is 0 Å². The highest BCUT2D eigenvalue weighted by Gasteiger charge is 2.17. The van der Waals surface area contributed by atoms with Crippen molar-refractivity contribution in [2.24, 2.45) is 0 Å². The second kappa shape index (κ2) is 11.3. The molecule has 0 aliphatic carbocycles. The highest BCUT2D eigenvalue weighted by molar-refractivity contribution is 6.05. The van der Waals surface area contributed by atoms with Crippen LogP contribution < -0.4 is 15.4 Å². The van der Waals surface area contributed by atoms with Gasteiger partial charge in [-0.2, -0.15) is 0 Å². The molecule has 0 radical (unpaired) electrons. The molecule has 1 fully saturated rings. The number of hydrogen-bond donors (Lipinski definition) is 2. The van der Waals surface area contributed by atoms with E-state index < -0.39 is 0 Å². The molecule has 170 valence electrons. The van der Waals surface area contributed by atoms with Gasteiger partial charge in [-0.25, -0.2) is 0 Å². The predicted octanol–water partition coefficient (Wildman–Crippen LogP) is 4.47. The average Bonchev–Trinajstić information content (AvgIpc) is 3.37. The Hall–Kier alpha value is -3.64. The molecule has 33 heavy (non-hydrogen) atoms. The fourth-order valence-electron chi connectivity index (χ4n) is 3.71. The van der Waals surface area contributed by atoms with Crippen molar-refractivity contribution < 1.29 is 19.1 Å². The maximum atomic E-state index is 12.8. The summed E-state index contributed by atoms with van der Waals surface area (Å²) in [7, 11) is 0. The molecule has 6 heteroatoms. The Morgan fingerprint density at radius 2 is 1.70 bits per heavy atom.